The van der Waals surface area contributed by atoms with Crippen molar-refractivity contribution < 1.29 is 30.3 Å². The van der Waals surface area contributed by atoms with E-state index < -0.39 is 0 Å². The van der Waals surface area contributed by atoms with E-state index in [0.29, 0.717) is 23.8 Å². The van der Waals surface area contributed by atoms with E-state index >= 15 is 0 Å². The Kier molecular flexibility index (Phi) is 51.4. The second-order valence-corrected chi connectivity index (χ2v) is 45.6. The molecule has 3 N–H and O–H groups in total. The van der Waals surface area contributed by atoms with E-state index in [0.717, 1.165) is 0 Å². The Hall–Kier alpha value is 6.16. The van der Waals surface area contributed by atoms with E-state index in [4.69, 9.17) is 38.8 Å². The monoisotopic (exact) mass is 1150 g/mol. The summed E-state index contributed by atoms with van der Waals surface area (Å²) in [5.41, 5.74) is 0. The summed E-state index contributed by atoms with van der Waals surface area (Å²) in [4.78, 5) is 0. The molecule has 3 rings (SSSR count). The van der Waals surface area contributed by atoms with Crippen molar-refractivity contribution in [2.75, 3.05) is 210 Å². The fourth-order valence-corrected chi connectivity index (χ4v) is 30.4. The molecule has 0 aliphatic carbocycles. The molecule has 0 radical (unpaired) electrons. The van der Waals surface area contributed by atoms with Gasteiger partial charge in [-0.25, -0.2) is 0 Å². The van der Waals surface area contributed by atoms with Crippen LogP contribution in [-0.2, 0) is 30.3 Å². The zero-order chi connectivity index (χ0) is 38.7. The fraction of sp³-hybridized carbons (Fsp3) is 1.00. The van der Waals surface area contributed by atoms with E-state index in [2.05, 4.69) is 75.9 Å². The summed E-state index contributed by atoms with van der Waals surface area (Å²) in [6.07, 6.45) is 27.7. The van der Waals surface area contributed by atoms with Gasteiger partial charge in [0, 0.05) is 114 Å². The van der Waals surface area contributed by atoms with Gasteiger partial charge >= 0.3 is 69.1 Å². The summed E-state index contributed by atoms with van der Waals surface area (Å²) in [6, 6.07) is 0. The van der Waals surface area contributed by atoms with E-state index in [9.17, 15) is 0 Å². The number of hydrogen-bond acceptors (Lipinski definition) is 3. The van der Waals surface area contributed by atoms with Crippen molar-refractivity contribution in [3.05, 3.63) is 0 Å². The van der Waals surface area contributed by atoms with Gasteiger partial charge in [-0.05, 0) is 70.1 Å². The zero-order valence-corrected chi connectivity index (χ0v) is 49.2. The molecule has 0 bridgehead atoms. The van der Waals surface area contributed by atoms with E-state index in [-0.39, 0.29) is 77.8 Å². The molecule has 314 valence electrons. The SMILES string of the molecule is CP1CCNCCP(C)CCP(C)CC1.C[PH+]1CCNCC[PH+](C)CC[PH+](C)CC1.C[PH+]1CCNCC[PH+](C)CC[PH+](C)CC1.[Cl][Ru][Cl].[Cl][Ru][Cl]. The predicted octanol–water partition coefficient (Wildman–Crippen LogP) is 9.92. The second-order valence-electron chi connectivity index (χ2n) is 15.0. The maximum atomic E-state index is 4.85. The topological polar surface area (TPSA) is 36.1 Å². The Balaban J connectivity index is 0. The molecule has 0 saturated carbocycles. The third-order valence-electron chi connectivity index (χ3n) is 9.90. The Bertz CT molecular complexity index is 594. The molecule has 3 aliphatic heterocycles. The standard InChI is InChI=1S/3C11H26NP3.4ClH.2Ru/c3*1-13-6-4-12-5-7-14(2)9-11-15(3)10-8-13;;;;;;/h3*12H,4-11H2,1-3H3;4*1H;;/q;;;;;;;2*+2/p+2. The second kappa shape index (κ2) is 44.2. The first kappa shape index (κ1) is 59.2. The van der Waals surface area contributed by atoms with Crippen molar-refractivity contribution in [1.82, 2.24) is 16.0 Å². The Morgan fingerprint density at radius 1 is 0.333 bits per heavy atom. The molecule has 0 spiro atoms. The molecular weight excluding hydrogens is 1060 g/mol. The van der Waals surface area contributed by atoms with E-state index in [1.165, 1.54) is 88.6 Å². The maximum absolute atomic E-state index is 4.85. The van der Waals surface area contributed by atoms with Crippen molar-refractivity contribution in [1.29, 1.82) is 0 Å². The van der Waals surface area contributed by atoms with Crippen LogP contribution in [0.1, 0.15) is 0 Å². The van der Waals surface area contributed by atoms with Gasteiger partial charge in [0.05, 0.1) is 73.9 Å². The first-order chi connectivity index (χ1) is 24.4. The molecule has 18 heteroatoms. The quantitative estimate of drug-likeness (QED) is 0.167. The van der Waals surface area contributed by atoms with Crippen LogP contribution >= 0.6 is 110 Å². The molecule has 3 fully saturated rings. The van der Waals surface area contributed by atoms with Crippen molar-refractivity contribution in [2.45, 2.75) is 0 Å². The van der Waals surface area contributed by atoms with E-state index in [1.54, 1.807) is 61.6 Å². The summed E-state index contributed by atoms with van der Waals surface area (Å²) in [5, 5.41) is 10.9. The minimum absolute atomic E-state index is 0.00685. The molecule has 0 aromatic carbocycles. The third-order valence-corrected chi connectivity index (χ3v) is 31.8. The number of nitrogens with one attached hydrogen (secondary N) is 3. The first-order valence-electron chi connectivity index (χ1n) is 19.1. The molecule has 3 saturated heterocycles. The van der Waals surface area contributed by atoms with Crippen LogP contribution in [0.25, 0.3) is 0 Å². The van der Waals surface area contributed by atoms with Crippen molar-refractivity contribution in [3.8, 4) is 0 Å². The van der Waals surface area contributed by atoms with Gasteiger partial charge in [-0.15, -0.1) is 23.8 Å². The zero-order valence-electron chi connectivity index (χ0n) is 34.0. The van der Waals surface area contributed by atoms with Crippen LogP contribution in [0, 0.1) is 0 Å². The summed E-state index contributed by atoms with van der Waals surface area (Å²) in [6.45, 7) is 30.5. The van der Waals surface area contributed by atoms with Gasteiger partial charge in [0.25, 0.3) is 0 Å². The Labute approximate surface area is 362 Å². The molecule has 3 nitrogen and oxygen atoms in total. The van der Waals surface area contributed by atoms with Crippen LogP contribution in [-0.4, -0.2) is 210 Å². The molecule has 0 aromatic rings. The van der Waals surface area contributed by atoms with Gasteiger partial charge in [-0.1, -0.05) is 0 Å². The first-order valence-corrected chi connectivity index (χ1v) is 49.1. The van der Waals surface area contributed by atoms with Gasteiger partial charge in [-0.3, -0.25) is 0 Å². The third kappa shape index (κ3) is 45.5. The average molecular weight is 1150 g/mol. The number of rotatable bonds is 0. The summed E-state index contributed by atoms with van der Waals surface area (Å²) < 4.78 is 0. The van der Waals surface area contributed by atoms with Gasteiger partial charge < -0.3 is 16.0 Å². The van der Waals surface area contributed by atoms with E-state index in [1.807, 2.05) is 0 Å². The molecule has 6 atom stereocenters. The van der Waals surface area contributed by atoms with Crippen LogP contribution in [0.2, 0.25) is 0 Å². The normalized spacial score (nSPS) is 33.2. The molecule has 3 heterocycles. The van der Waals surface area contributed by atoms with Crippen molar-refractivity contribution >= 4 is 110 Å². The molecule has 51 heavy (non-hydrogen) atoms. The molecule has 0 aromatic heterocycles. The number of hydrogen-bond donors (Lipinski definition) is 3. The van der Waals surface area contributed by atoms with Crippen molar-refractivity contribution in [3.63, 3.8) is 0 Å². The Morgan fingerprint density at radius 3 is 0.745 bits per heavy atom. The van der Waals surface area contributed by atoms with Gasteiger partial charge in [0.2, 0.25) is 0 Å². The van der Waals surface area contributed by atoms with Gasteiger partial charge in [0.15, 0.2) is 0 Å². The fourth-order valence-electron chi connectivity index (χ4n) is 5.60. The molecule has 6 unspecified atom stereocenters. The molecular formula is C33H84Cl4N3P9Ru2+6. The summed E-state index contributed by atoms with van der Waals surface area (Å²) in [7, 11) is 20.6. The van der Waals surface area contributed by atoms with Crippen LogP contribution < -0.4 is 16.0 Å². The average Bonchev–Trinajstić information content (AvgIpc) is 3.09. The van der Waals surface area contributed by atoms with Crippen LogP contribution in [0.5, 0.6) is 0 Å². The van der Waals surface area contributed by atoms with Crippen LogP contribution in [0.4, 0.5) is 0 Å². The molecule has 0 amide bonds. The summed E-state index contributed by atoms with van der Waals surface area (Å²) >= 11 is -0.691. The number of halogens is 4. The Morgan fingerprint density at radius 2 is 0.510 bits per heavy atom. The minimum atomic E-state index is -0.346. The summed E-state index contributed by atoms with van der Waals surface area (Å²) in [5.74, 6) is 0. The van der Waals surface area contributed by atoms with Crippen molar-refractivity contribution in [2.24, 2.45) is 0 Å². The van der Waals surface area contributed by atoms with Crippen LogP contribution in [0.15, 0.2) is 0 Å². The molecule has 3 aliphatic rings. The van der Waals surface area contributed by atoms with Crippen LogP contribution in [0.3, 0.4) is 0 Å². The van der Waals surface area contributed by atoms with Gasteiger partial charge in [-0.2, -0.15) is 0 Å². The predicted molar refractivity (Wildman–Crippen MR) is 274 cm³/mol. The van der Waals surface area contributed by atoms with Gasteiger partial charge in [0.1, 0.15) is 0 Å².